The minimum Gasteiger partial charge on any atom is -0.430 e. The Kier molecular flexibility index (Phi) is 6.57. The Hall–Kier alpha value is -2.72. The summed E-state index contributed by atoms with van der Waals surface area (Å²) in [6.45, 7) is 8.31. The van der Waals surface area contributed by atoms with Crippen molar-refractivity contribution in [3.8, 4) is 0 Å². The smallest absolute Gasteiger partial charge is 0.419 e. The van der Waals surface area contributed by atoms with E-state index >= 15 is 0 Å². The predicted octanol–water partition coefficient (Wildman–Crippen LogP) is 0.949. The van der Waals surface area contributed by atoms with Crippen molar-refractivity contribution in [2.24, 2.45) is 11.5 Å². The lowest BCUT2D eigenvalue weighted by atomic mass is 10.1. The largest absolute Gasteiger partial charge is 0.430 e. The highest BCUT2D eigenvalue weighted by atomic mass is 16.6. The molecule has 2 aromatic rings. The van der Waals surface area contributed by atoms with Crippen molar-refractivity contribution in [3.05, 3.63) is 35.9 Å². The van der Waals surface area contributed by atoms with Crippen LogP contribution in [-0.4, -0.2) is 31.5 Å². The normalized spacial score (nSPS) is 15.5. The van der Waals surface area contributed by atoms with Gasteiger partial charge in [0, 0.05) is 38.3 Å². The molecule has 0 saturated carbocycles. The fraction of sp³-hybridized carbons (Fsp3) is 0.556. The van der Waals surface area contributed by atoms with Gasteiger partial charge in [0.15, 0.2) is 0 Å². The van der Waals surface area contributed by atoms with Gasteiger partial charge in [0.05, 0.1) is 11.4 Å². The van der Waals surface area contributed by atoms with Gasteiger partial charge in [0.2, 0.25) is 11.4 Å². The highest BCUT2D eigenvalue weighted by Crippen LogP contribution is 2.26. The van der Waals surface area contributed by atoms with E-state index in [1.54, 1.807) is 47.7 Å². The lowest BCUT2D eigenvalue weighted by Gasteiger charge is -2.30. The summed E-state index contributed by atoms with van der Waals surface area (Å²) in [5, 5.41) is 8.25. The molecular formula is C18H28N6O4. The molecule has 2 heterocycles. The van der Waals surface area contributed by atoms with Crippen LogP contribution in [0.4, 0.5) is 0 Å². The number of esters is 2. The van der Waals surface area contributed by atoms with Gasteiger partial charge in [-0.3, -0.25) is 20.8 Å². The third-order valence-corrected chi connectivity index (χ3v) is 4.67. The van der Waals surface area contributed by atoms with Gasteiger partial charge in [0.25, 0.3) is 0 Å². The molecule has 2 rings (SSSR count). The zero-order valence-electron chi connectivity index (χ0n) is 16.7. The van der Waals surface area contributed by atoms with Crippen LogP contribution in [0.1, 0.15) is 51.9 Å². The van der Waals surface area contributed by atoms with E-state index < -0.39 is 23.4 Å². The van der Waals surface area contributed by atoms with E-state index in [1.807, 2.05) is 13.8 Å². The van der Waals surface area contributed by atoms with Gasteiger partial charge in [0.1, 0.15) is 0 Å². The van der Waals surface area contributed by atoms with Gasteiger partial charge in [-0.2, -0.15) is 10.2 Å². The van der Waals surface area contributed by atoms with Crippen molar-refractivity contribution in [1.82, 2.24) is 19.6 Å². The first-order valence-corrected chi connectivity index (χ1v) is 9.33. The first-order chi connectivity index (χ1) is 13.2. The maximum atomic E-state index is 12.4. The Balaban J connectivity index is 2.20. The molecule has 0 spiro atoms. The van der Waals surface area contributed by atoms with E-state index in [0.29, 0.717) is 24.5 Å². The standard InChI is InChI=1S/C18H28N6O4/c1-5-17(19,13-9-11-21-23(13)7-3)27-15(25)16(26)28-18(20,6-2)14-10-12-22-24(14)8-4/h9-12H,5-8,19-20H2,1-4H3. The van der Waals surface area contributed by atoms with Crippen molar-refractivity contribution < 1.29 is 19.1 Å². The number of nitrogens with two attached hydrogens (primary N) is 2. The SMILES string of the molecule is CCn1nccc1C(N)(CC)OC(=O)C(=O)OC(N)(CC)c1ccnn1CC. The molecule has 4 N–H and O–H groups in total. The maximum absolute atomic E-state index is 12.4. The van der Waals surface area contributed by atoms with Crippen LogP contribution in [0.5, 0.6) is 0 Å². The van der Waals surface area contributed by atoms with E-state index in [-0.39, 0.29) is 12.8 Å². The maximum Gasteiger partial charge on any atom is 0.419 e. The summed E-state index contributed by atoms with van der Waals surface area (Å²) in [5.74, 6) is -2.45. The zero-order valence-corrected chi connectivity index (χ0v) is 16.7. The Morgan fingerprint density at radius 3 is 1.50 bits per heavy atom. The van der Waals surface area contributed by atoms with Crippen LogP contribution in [0.3, 0.4) is 0 Å². The quantitative estimate of drug-likeness (QED) is 0.384. The average molecular weight is 392 g/mol. The van der Waals surface area contributed by atoms with Gasteiger partial charge in [-0.25, -0.2) is 9.59 Å². The molecule has 0 fully saturated rings. The summed E-state index contributed by atoms with van der Waals surface area (Å²) in [6, 6.07) is 3.29. The molecule has 0 aromatic carbocycles. The monoisotopic (exact) mass is 392 g/mol. The third kappa shape index (κ3) is 4.07. The summed E-state index contributed by atoms with van der Waals surface area (Å²) in [5.41, 5.74) is 10.4. The van der Waals surface area contributed by atoms with Crippen LogP contribution in [0, 0.1) is 0 Å². The Morgan fingerprint density at radius 1 is 0.857 bits per heavy atom. The molecule has 2 aromatic heterocycles. The molecule has 0 bridgehead atoms. The Morgan fingerprint density at radius 2 is 1.21 bits per heavy atom. The topological polar surface area (TPSA) is 140 Å². The van der Waals surface area contributed by atoms with Crippen molar-refractivity contribution in [2.45, 2.75) is 65.1 Å². The number of aryl methyl sites for hydroxylation is 2. The molecule has 10 heteroatoms. The van der Waals surface area contributed by atoms with Gasteiger partial charge >= 0.3 is 11.9 Å². The average Bonchev–Trinajstić information content (AvgIpc) is 3.36. The second-order valence-electron chi connectivity index (χ2n) is 6.33. The van der Waals surface area contributed by atoms with Gasteiger partial charge < -0.3 is 9.47 Å². The van der Waals surface area contributed by atoms with Crippen LogP contribution in [0.25, 0.3) is 0 Å². The van der Waals surface area contributed by atoms with E-state index in [2.05, 4.69) is 10.2 Å². The van der Waals surface area contributed by atoms with Gasteiger partial charge in [-0.15, -0.1) is 0 Å². The first kappa shape index (κ1) is 21.6. The lowest BCUT2D eigenvalue weighted by Crippen LogP contribution is -2.48. The molecule has 10 nitrogen and oxygen atoms in total. The summed E-state index contributed by atoms with van der Waals surface area (Å²) in [7, 11) is 0. The summed E-state index contributed by atoms with van der Waals surface area (Å²) in [6.07, 6.45) is 3.58. The van der Waals surface area contributed by atoms with Crippen LogP contribution >= 0.6 is 0 Å². The van der Waals surface area contributed by atoms with E-state index in [0.717, 1.165) is 0 Å². The molecule has 0 saturated heterocycles. The number of carbonyl (C=O) groups is 2. The van der Waals surface area contributed by atoms with Crippen molar-refractivity contribution in [2.75, 3.05) is 0 Å². The van der Waals surface area contributed by atoms with Crippen molar-refractivity contribution in [3.63, 3.8) is 0 Å². The Bertz CT molecular complexity index is 763. The molecule has 2 atom stereocenters. The molecule has 154 valence electrons. The molecule has 0 aliphatic heterocycles. The number of carbonyl (C=O) groups excluding carboxylic acids is 2. The lowest BCUT2D eigenvalue weighted by molar-refractivity contribution is -0.188. The number of hydrogen-bond acceptors (Lipinski definition) is 8. The van der Waals surface area contributed by atoms with Crippen molar-refractivity contribution >= 4 is 11.9 Å². The molecule has 2 unspecified atom stereocenters. The van der Waals surface area contributed by atoms with Crippen LogP contribution in [0.2, 0.25) is 0 Å². The molecule has 0 amide bonds. The van der Waals surface area contributed by atoms with E-state index in [4.69, 9.17) is 20.9 Å². The second-order valence-corrected chi connectivity index (χ2v) is 6.33. The highest BCUT2D eigenvalue weighted by Gasteiger charge is 2.40. The van der Waals surface area contributed by atoms with Crippen molar-refractivity contribution in [1.29, 1.82) is 0 Å². The first-order valence-electron chi connectivity index (χ1n) is 9.33. The Labute approximate surface area is 163 Å². The number of ether oxygens (including phenoxy) is 2. The highest BCUT2D eigenvalue weighted by molar-refractivity contribution is 6.29. The summed E-state index contributed by atoms with van der Waals surface area (Å²) >= 11 is 0. The van der Waals surface area contributed by atoms with Crippen LogP contribution < -0.4 is 11.5 Å². The summed E-state index contributed by atoms with van der Waals surface area (Å²) in [4.78, 5) is 24.9. The zero-order chi connectivity index (χ0) is 20.9. The summed E-state index contributed by atoms with van der Waals surface area (Å²) < 4.78 is 13.8. The van der Waals surface area contributed by atoms with E-state index in [9.17, 15) is 9.59 Å². The van der Waals surface area contributed by atoms with Gasteiger partial charge in [-0.05, 0) is 26.0 Å². The minimum absolute atomic E-state index is 0.238. The van der Waals surface area contributed by atoms with Gasteiger partial charge in [-0.1, -0.05) is 13.8 Å². The number of rotatable bonds is 8. The second kappa shape index (κ2) is 8.53. The fourth-order valence-corrected chi connectivity index (χ4v) is 2.91. The third-order valence-electron chi connectivity index (χ3n) is 4.67. The molecule has 0 aliphatic rings. The number of hydrogen-bond donors (Lipinski definition) is 2. The predicted molar refractivity (Wildman–Crippen MR) is 100 cm³/mol. The molecule has 0 aliphatic carbocycles. The van der Waals surface area contributed by atoms with Crippen LogP contribution in [0.15, 0.2) is 24.5 Å². The van der Waals surface area contributed by atoms with Crippen LogP contribution in [-0.2, 0) is 43.6 Å². The minimum atomic E-state index is -1.52. The molecule has 0 radical (unpaired) electrons. The molecule has 28 heavy (non-hydrogen) atoms. The number of aromatic nitrogens is 4. The van der Waals surface area contributed by atoms with E-state index in [1.165, 1.54) is 0 Å². The fourth-order valence-electron chi connectivity index (χ4n) is 2.91. The molecular weight excluding hydrogens is 364 g/mol. The number of nitrogens with zero attached hydrogens (tertiary/aromatic N) is 4.